The van der Waals surface area contributed by atoms with Crippen LogP contribution in [0.15, 0.2) is 18.2 Å². The molecule has 1 aromatic carbocycles. The second-order valence-corrected chi connectivity index (χ2v) is 2.89. The van der Waals surface area contributed by atoms with Gasteiger partial charge in [-0.3, -0.25) is 9.59 Å². The molecule has 0 saturated carbocycles. The highest BCUT2D eigenvalue weighted by atomic mass is 19.1. The molecule has 1 aromatic rings. The molecule has 80 valence electrons. The standard InChI is InChI=1S/C10H9F2NO2/c11-8-2-1-7(9(12)5-8)3-4-13-10(15)6-14/h1-2,5-6H,3-4H2,(H,13,15). The van der Waals surface area contributed by atoms with Gasteiger partial charge in [-0.1, -0.05) is 6.07 Å². The van der Waals surface area contributed by atoms with Crippen molar-refractivity contribution < 1.29 is 18.4 Å². The fraction of sp³-hybridized carbons (Fsp3) is 0.200. The number of hydrogen-bond donors (Lipinski definition) is 1. The number of nitrogens with one attached hydrogen (secondary N) is 1. The van der Waals surface area contributed by atoms with Gasteiger partial charge < -0.3 is 5.32 Å². The van der Waals surface area contributed by atoms with Gasteiger partial charge in [0.2, 0.25) is 6.29 Å². The van der Waals surface area contributed by atoms with Gasteiger partial charge >= 0.3 is 0 Å². The summed E-state index contributed by atoms with van der Waals surface area (Å²) in [4.78, 5) is 20.4. The van der Waals surface area contributed by atoms with E-state index < -0.39 is 17.5 Å². The van der Waals surface area contributed by atoms with E-state index in [-0.39, 0.29) is 19.3 Å². The SMILES string of the molecule is O=CC(=O)NCCc1ccc(F)cc1F. The van der Waals surface area contributed by atoms with Gasteiger partial charge in [-0.15, -0.1) is 0 Å². The van der Waals surface area contributed by atoms with Crippen LogP contribution >= 0.6 is 0 Å². The Labute approximate surface area is 85.1 Å². The maximum Gasteiger partial charge on any atom is 0.284 e. The minimum Gasteiger partial charge on any atom is -0.349 e. The largest absolute Gasteiger partial charge is 0.349 e. The Morgan fingerprint density at radius 2 is 2.13 bits per heavy atom. The second-order valence-electron chi connectivity index (χ2n) is 2.89. The molecule has 5 heteroatoms. The molecule has 0 aliphatic heterocycles. The lowest BCUT2D eigenvalue weighted by molar-refractivity contribution is -0.131. The van der Waals surface area contributed by atoms with Crippen LogP contribution in [0.2, 0.25) is 0 Å². The molecule has 0 aliphatic rings. The number of carbonyl (C=O) groups excluding carboxylic acids is 2. The Kier molecular flexibility index (Phi) is 3.91. The van der Waals surface area contributed by atoms with E-state index in [9.17, 15) is 18.4 Å². The first-order chi connectivity index (χ1) is 7.13. The topological polar surface area (TPSA) is 46.2 Å². The molecule has 1 rings (SSSR count). The molecule has 0 fully saturated rings. The molecule has 0 bridgehead atoms. The van der Waals surface area contributed by atoms with Crippen molar-refractivity contribution in [2.75, 3.05) is 6.54 Å². The third-order valence-corrected chi connectivity index (χ3v) is 1.82. The van der Waals surface area contributed by atoms with Crippen LogP contribution < -0.4 is 5.32 Å². The number of amides is 1. The Hall–Kier alpha value is -1.78. The molecule has 0 aromatic heterocycles. The van der Waals surface area contributed by atoms with Crippen LogP contribution in [0.25, 0.3) is 0 Å². The molecule has 0 atom stereocenters. The molecule has 3 nitrogen and oxygen atoms in total. The summed E-state index contributed by atoms with van der Waals surface area (Å²) in [5, 5.41) is 2.26. The monoisotopic (exact) mass is 213 g/mol. The predicted molar refractivity (Wildman–Crippen MR) is 49.1 cm³/mol. The molecule has 1 amide bonds. The Morgan fingerprint density at radius 1 is 1.40 bits per heavy atom. The Morgan fingerprint density at radius 3 is 2.73 bits per heavy atom. The summed E-state index contributed by atoms with van der Waals surface area (Å²) in [6.07, 6.45) is 0.354. The second kappa shape index (κ2) is 5.19. The first kappa shape index (κ1) is 11.3. The fourth-order valence-electron chi connectivity index (χ4n) is 1.09. The van der Waals surface area contributed by atoms with Crippen LogP contribution in [0, 0.1) is 11.6 Å². The number of rotatable bonds is 4. The van der Waals surface area contributed by atoms with Crippen molar-refractivity contribution in [1.82, 2.24) is 5.32 Å². The average Bonchev–Trinajstić information content (AvgIpc) is 2.21. The number of hydrogen-bond acceptors (Lipinski definition) is 2. The third-order valence-electron chi connectivity index (χ3n) is 1.82. The maximum absolute atomic E-state index is 13.0. The van der Waals surface area contributed by atoms with E-state index in [2.05, 4.69) is 5.32 Å². The van der Waals surface area contributed by atoms with Gasteiger partial charge in [0.15, 0.2) is 0 Å². The lowest BCUT2D eigenvalue weighted by Crippen LogP contribution is -2.26. The van der Waals surface area contributed by atoms with E-state index in [0.717, 1.165) is 12.1 Å². The Bertz CT molecular complexity index is 380. The van der Waals surface area contributed by atoms with Crippen LogP contribution in [-0.2, 0) is 16.0 Å². The molecular weight excluding hydrogens is 204 g/mol. The van der Waals surface area contributed by atoms with Crippen molar-refractivity contribution in [2.45, 2.75) is 6.42 Å². The smallest absolute Gasteiger partial charge is 0.284 e. The van der Waals surface area contributed by atoms with E-state index in [1.165, 1.54) is 6.07 Å². The van der Waals surface area contributed by atoms with E-state index in [1.54, 1.807) is 0 Å². The van der Waals surface area contributed by atoms with Crippen molar-refractivity contribution in [3.05, 3.63) is 35.4 Å². The molecule has 1 N–H and O–H groups in total. The lowest BCUT2D eigenvalue weighted by Gasteiger charge is -2.03. The number of halogens is 2. The predicted octanol–water partition coefficient (Wildman–Crippen LogP) is 0.822. The molecule has 0 aliphatic carbocycles. The Balaban J connectivity index is 2.51. The molecule has 0 saturated heterocycles. The zero-order valence-electron chi connectivity index (χ0n) is 7.80. The summed E-state index contributed by atoms with van der Waals surface area (Å²) >= 11 is 0. The normalized spacial score (nSPS) is 9.73. The summed E-state index contributed by atoms with van der Waals surface area (Å²) in [6, 6.07) is 3.22. The highest BCUT2D eigenvalue weighted by Gasteiger charge is 2.04. The van der Waals surface area contributed by atoms with Crippen LogP contribution in [0.3, 0.4) is 0 Å². The summed E-state index contributed by atoms with van der Waals surface area (Å²) < 4.78 is 25.5. The van der Waals surface area contributed by atoms with Crippen LogP contribution in [-0.4, -0.2) is 18.7 Å². The van der Waals surface area contributed by atoms with E-state index >= 15 is 0 Å². The molecule has 0 spiro atoms. The number of aldehydes is 1. The zero-order chi connectivity index (χ0) is 11.3. The summed E-state index contributed by atoms with van der Waals surface area (Å²) in [5.41, 5.74) is 0.294. The average molecular weight is 213 g/mol. The molecule has 15 heavy (non-hydrogen) atoms. The van der Waals surface area contributed by atoms with E-state index in [0.29, 0.717) is 5.56 Å². The van der Waals surface area contributed by atoms with Gasteiger partial charge in [-0.05, 0) is 18.1 Å². The highest BCUT2D eigenvalue weighted by molar-refractivity contribution is 6.23. The van der Waals surface area contributed by atoms with Crippen LogP contribution in [0.4, 0.5) is 8.78 Å². The molecular formula is C10H9F2NO2. The van der Waals surface area contributed by atoms with E-state index in [1.807, 2.05) is 0 Å². The lowest BCUT2D eigenvalue weighted by atomic mass is 10.1. The molecule has 0 radical (unpaired) electrons. The fourth-order valence-corrected chi connectivity index (χ4v) is 1.09. The van der Waals surface area contributed by atoms with Gasteiger partial charge in [0, 0.05) is 12.6 Å². The summed E-state index contributed by atoms with van der Waals surface area (Å²) in [5.74, 6) is -2.05. The highest BCUT2D eigenvalue weighted by Crippen LogP contribution is 2.09. The van der Waals surface area contributed by atoms with Crippen molar-refractivity contribution in [3.63, 3.8) is 0 Å². The number of benzene rings is 1. The first-order valence-corrected chi connectivity index (χ1v) is 4.30. The van der Waals surface area contributed by atoms with Crippen LogP contribution in [0.1, 0.15) is 5.56 Å². The third kappa shape index (κ3) is 3.46. The van der Waals surface area contributed by atoms with Gasteiger partial charge in [0.05, 0.1) is 0 Å². The zero-order valence-corrected chi connectivity index (χ0v) is 7.80. The molecule has 0 heterocycles. The quantitative estimate of drug-likeness (QED) is 0.594. The van der Waals surface area contributed by atoms with Gasteiger partial charge in [0.25, 0.3) is 5.91 Å². The first-order valence-electron chi connectivity index (χ1n) is 4.30. The van der Waals surface area contributed by atoms with Crippen LogP contribution in [0.5, 0.6) is 0 Å². The number of carbonyl (C=O) groups is 2. The van der Waals surface area contributed by atoms with Crippen molar-refractivity contribution in [2.24, 2.45) is 0 Å². The minimum atomic E-state index is -0.752. The van der Waals surface area contributed by atoms with Gasteiger partial charge in [-0.25, -0.2) is 8.78 Å². The van der Waals surface area contributed by atoms with Crippen molar-refractivity contribution in [3.8, 4) is 0 Å². The molecule has 0 unspecified atom stereocenters. The van der Waals surface area contributed by atoms with Crippen molar-refractivity contribution in [1.29, 1.82) is 0 Å². The summed E-state index contributed by atoms with van der Waals surface area (Å²) in [6.45, 7) is 0.139. The minimum absolute atomic E-state index is 0.139. The van der Waals surface area contributed by atoms with Crippen molar-refractivity contribution >= 4 is 12.2 Å². The maximum atomic E-state index is 13.0. The summed E-state index contributed by atoms with van der Waals surface area (Å²) in [7, 11) is 0. The van der Waals surface area contributed by atoms with Gasteiger partial charge in [-0.2, -0.15) is 0 Å². The van der Waals surface area contributed by atoms with E-state index in [4.69, 9.17) is 0 Å². The van der Waals surface area contributed by atoms with Gasteiger partial charge in [0.1, 0.15) is 11.6 Å².